The van der Waals surface area contributed by atoms with Crippen molar-refractivity contribution in [2.24, 2.45) is 7.05 Å². The Morgan fingerprint density at radius 2 is 2.29 bits per heavy atom. The van der Waals surface area contributed by atoms with Crippen molar-refractivity contribution in [3.8, 4) is 0 Å². The molecule has 6 nitrogen and oxygen atoms in total. The number of aromatic nitrogens is 4. The van der Waals surface area contributed by atoms with Crippen LogP contribution in [-0.2, 0) is 11.8 Å². The average Bonchev–Trinajstić information content (AvgIpc) is 2.59. The van der Waals surface area contributed by atoms with E-state index in [2.05, 4.69) is 36.4 Å². The van der Waals surface area contributed by atoms with Crippen LogP contribution in [-0.4, -0.2) is 52.3 Å². The van der Waals surface area contributed by atoms with Gasteiger partial charge in [0.15, 0.2) is 0 Å². The maximum Gasteiger partial charge on any atom is 0.245 e. The first kappa shape index (κ1) is 11.4. The Labute approximate surface area is 91.3 Å². The van der Waals surface area contributed by atoms with Gasteiger partial charge in [0.1, 0.15) is 0 Å². The molecule has 1 rings (SSSR count). The van der Waals surface area contributed by atoms with E-state index in [9.17, 15) is 0 Å². The summed E-state index contributed by atoms with van der Waals surface area (Å²) in [5.41, 5.74) is 0. The van der Waals surface area contributed by atoms with Crippen LogP contribution in [0.4, 0.5) is 5.95 Å². The average molecular weight is 264 g/mol. The predicted octanol–water partition coefficient (Wildman–Crippen LogP) is 0.0578. The number of hydrogen-bond donors (Lipinski definition) is 0. The molecule has 14 heavy (non-hydrogen) atoms. The molecule has 0 bridgehead atoms. The van der Waals surface area contributed by atoms with Crippen LogP contribution in [0.5, 0.6) is 0 Å². The van der Waals surface area contributed by atoms with Gasteiger partial charge < -0.3 is 9.64 Å². The van der Waals surface area contributed by atoms with Gasteiger partial charge in [-0.25, -0.2) is 4.68 Å². The van der Waals surface area contributed by atoms with Crippen LogP contribution in [0.15, 0.2) is 0 Å². The maximum atomic E-state index is 5.02. The Morgan fingerprint density at radius 3 is 2.79 bits per heavy atom. The van der Waals surface area contributed by atoms with E-state index in [-0.39, 0.29) is 0 Å². The number of alkyl halides is 1. The van der Waals surface area contributed by atoms with E-state index in [1.54, 1.807) is 11.8 Å². The summed E-state index contributed by atoms with van der Waals surface area (Å²) in [5, 5.41) is 12.2. The maximum absolute atomic E-state index is 5.02. The number of tetrazole rings is 1. The SMILES string of the molecule is COCCN(CCBr)c1nnnn1C. The minimum atomic E-state index is 0.667. The summed E-state index contributed by atoms with van der Waals surface area (Å²) in [5.74, 6) is 0.765. The molecule has 0 aliphatic heterocycles. The van der Waals surface area contributed by atoms with Crippen LogP contribution >= 0.6 is 15.9 Å². The second kappa shape index (κ2) is 5.92. The highest BCUT2D eigenvalue weighted by Gasteiger charge is 2.11. The lowest BCUT2D eigenvalue weighted by Gasteiger charge is -2.20. The number of nitrogens with zero attached hydrogens (tertiary/aromatic N) is 5. The van der Waals surface area contributed by atoms with Gasteiger partial charge in [-0.15, -0.1) is 0 Å². The van der Waals surface area contributed by atoms with Crippen LogP contribution in [0.2, 0.25) is 0 Å². The summed E-state index contributed by atoms with van der Waals surface area (Å²) < 4.78 is 6.67. The van der Waals surface area contributed by atoms with Gasteiger partial charge in [0.2, 0.25) is 5.95 Å². The molecule has 1 heterocycles. The summed E-state index contributed by atoms with van der Waals surface area (Å²) in [6.45, 7) is 2.31. The molecule has 0 fully saturated rings. The second-order valence-electron chi connectivity index (χ2n) is 2.77. The smallest absolute Gasteiger partial charge is 0.245 e. The van der Waals surface area contributed by atoms with E-state index in [0.29, 0.717) is 6.61 Å². The zero-order chi connectivity index (χ0) is 10.4. The fourth-order valence-corrected chi connectivity index (χ4v) is 1.54. The van der Waals surface area contributed by atoms with E-state index in [0.717, 1.165) is 24.4 Å². The fraction of sp³-hybridized carbons (Fsp3) is 0.857. The molecule has 1 aromatic heterocycles. The molecule has 0 saturated heterocycles. The van der Waals surface area contributed by atoms with Crippen molar-refractivity contribution in [1.82, 2.24) is 20.2 Å². The highest BCUT2D eigenvalue weighted by molar-refractivity contribution is 9.09. The van der Waals surface area contributed by atoms with Gasteiger partial charge in [0.25, 0.3) is 0 Å². The van der Waals surface area contributed by atoms with Crippen LogP contribution < -0.4 is 4.90 Å². The molecule has 0 radical (unpaired) electrons. The Bertz CT molecular complexity index is 266. The summed E-state index contributed by atoms with van der Waals surface area (Å²) in [6, 6.07) is 0. The lowest BCUT2D eigenvalue weighted by molar-refractivity contribution is 0.205. The van der Waals surface area contributed by atoms with Crippen molar-refractivity contribution < 1.29 is 4.74 Å². The zero-order valence-corrected chi connectivity index (χ0v) is 9.94. The molecule has 0 aromatic carbocycles. The standard InChI is InChI=1S/C7H14BrN5O/c1-12-7(9-10-11-12)13(4-3-8)5-6-14-2/h3-6H2,1-2H3. The lowest BCUT2D eigenvalue weighted by Crippen LogP contribution is -2.31. The van der Waals surface area contributed by atoms with Gasteiger partial charge >= 0.3 is 0 Å². The highest BCUT2D eigenvalue weighted by Crippen LogP contribution is 2.06. The van der Waals surface area contributed by atoms with Crippen molar-refractivity contribution in [2.45, 2.75) is 0 Å². The molecular formula is C7H14BrN5O. The van der Waals surface area contributed by atoms with E-state index in [1.165, 1.54) is 0 Å². The van der Waals surface area contributed by atoms with E-state index >= 15 is 0 Å². The van der Waals surface area contributed by atoms with Crippen molar-refractivity contribution in [2.75, 3.05) is 37.0 Å². The minimum Gasteiger partial charge on any atom is -0.383 e. The van der Waals surface area contributed by atoms with E-state index in [1.807, 2.05) is 7.05 Å². The van der Waals surface area contributed by atoms with Crippen molar-refractivity contribution in [3.63, 3.8) is 0 Å². The zero-order valence-electron chi connectivity index (χ0n) is 8.35. The van der Waals surface area contributed by atoms with Gasteiger partial charge in [-0.3, -0.25) is 0 Å². The van der Waals surface area contributed by atoms with Crippen LogP contribution in [0, 0.1) is 0 Å². The highest BCUT2D eigenvalue weighted by atomic mass is 79.9. The summed E-state index contributed by atoms with van der Waals surface area (Å²) in [7, 11) is 3.50. The third-order valence-corrected chi connectivity index (χ3v) is 2.16. The van der Waals surface area contributed by atoms with Crippen LogP contribution in [0.1, 0.15) is 0 Å². The number of rotatable bonds is 6. The number of aryl methyl sites for hydroxylation is 1. The molecule has 0 aliphatic carbocycles. The number of methoxy groups -OCH3 is 1. The van der Waals surface area contributed by atoms with Crippen molar-refractivity contribution in [3.05, 3.63) is 0 Å². The predicted molar refractivity (Wildman–Crippen MR) is 56.7 cm³/mol. The van der Waals surface area contributed by atoms with Gasteiger partial charge in [-0.2, -0.15) is 0 Å². The number of hydrogen-bond acceptors (Lipinski definition) is 5. The largest absolute Gasteiger partial charge is 0.383 e. The molecule has 0 unspecified atom stereocenters. The summed E-state index contributed by atoms with van der Waals surface area (Å²) in [6.07, 6.45) is 0. The molecule has 0 amide bonds. The molecule has 80 valence electrons. The first-order valence-electron chi connectivity index (χ1n) is 4.31. The molecule has 0 aliphatic rings. The summed E-state index contributed by atoms with van der Waals surface area (Å²) >= 11 is 3.39. The lowest BCUT2D eigenvalue weighted by atomic mass is 10.5. The summed E-state index contributed by atoms with van der Waals surface area (Å²) in [4.78, 5) is 2.07. The molecule has 0 atom stereocenters. The Morgan fingerprint density at radius 1 is 1.50 bits per heavy atom. The van der Waals surface area contributed by atoms with Gasteiger partial charge in [0, 0.05) is 32.6 Å². The normalized spacial score (nSPS) is 10.5. The van der Waals surface area contributed by atoms with Crippen LogP contribution in [0.25, 0.3) is 0 Å². The van der Waals surface area contributed by atoms with Gasteiger partial charge in [-0.05, 0) is 10.4 Å². The van der Waals surface area contributed by atoms with Crippen LogP contribution in [0.3, 0.4) is 0 Å². The Kier molecular flexibility index (Phi) is 4.81. The number of halogens is 1. The second-order valence-corrected chi connectivity index (χ2v) is 3.56. The Hall–Kier alpha value is -0.690. The van der Waals surface area contributed by atoms with Gasteiger partial charge in [-0.1, -0.05) is 21.0 Å². The third kappa shape index (κ3) is 2.91. The first-order valence-corrected chi connectivity index (χ1v) is 5.44. The molecule has 0 N–H and O–H groups in total. The topological polar surface area (TPSA) is 56.1 Å². The molecule has 0 spiro atoms. The van der Waals surface area contributed by atoms with Gasteiger partial charge in [0.05, 0.1) is 6.61 Å². The number of ether oxygens (including phenoxy) is 1. The quantitative estimate of drug-likeness (QED) is 0.680. The monoisotopic (exact) mass is 263 g/mol. The van der Waals surface area contributed by atoms with Crippen molar-refractivity contribution >= 4 is 21.9 Å². The van der Waals surface area contributed by atoms with E-state index < -0.39 is 0 Å². The molecule has 0 saturated carbocycles. The minimum absolute atomic E-state index is 0.667. The third-order valence-electron chi connectivity index (χ3n) is 1.80. The fourth-order valence-electron chi connectivity index (χ4n) is 1.11. The molecular weight excluding hydrogens is 250 g/mol. The Balaban J connectivity index is 2.62. The number of anilines is 1. The van der Waals surface area contributed by atoms with E-state index in [4.69, 9.17) is 4.74 Å². The van der Waals surface area contributed by atoms with Crippen molar-refractivity contribution in [1.29, 1.82) is 0 Å². The molecule has 7 heteroatoms. The first-order chi connectivity index (χ1) is 6.79. The molecule has 1 aromatic rings.